The molecule has 0 bridgehead atoms. The molecular weight excluding hydrogens is 262 g/mol. The van der Waals surface area contributed by atoms with Gasteiger partial charge in [-0.05, 0) is 18.6 Å². The van der Waals surface area contributed by atoms with Gasteiger partial charge in [0.15, 0.2) is 0 Å². The SMILES string of the molecule is CC(CN)S(=O)(=O)NCc1cccc2cccnc12. The van der Waals surface area contributed by atoms with E-state index in [1.54, 1.807) is 13.1 Å². The number of nitrogens with zero attached hydrogens (tertiary/aromatic N) is 1. The Morgan fingerprint density at radius 2 is 2.05 bits per heavy atom. The summed E-state index contributed by atoms with van der Waals surface area (Å²) in [7, 11) is -3.38. The van der Waals surface area contributed by atoms with Crippen molar-refractivity contribution in [2.45, 2.75) is 18.7 Å². The molecule has 0 radical (unpaired) electrons. The fourth-order valence-electron chi connectivity index (χ4n) is 1.76. The van der Waals surface area contributed by atoms with Gasteiger partial charge in [0.1, 0.15) is 0 Å². The first kappa shape index (κ1) is 13.9. The molecule has 2 aromatic rings. The number of nitrogens with two attached hydrogens (primary N) is 1. The van der Waals surface area contributed by atoms with E-state index in [9.17, 15) is 8.42 Å². The molecular formula is C13H17N3O2S. The summed E-state index contributed by atoms with van der Waals surface area (Å²) in [5.74, 6) is 0. The van der Waals surface area contributed by atoms with E-state index in [1.807, 2.05) is 30.3 Å². The van der Waals surface area contributed by atoms with Crippen LogP contribution in [0.5, 0.6) is 0 Å². The van der Waals surface area contributed by atoms with E-state index in [4.69, 9.17) is 5.73 Å². The lowest BCUT2D eigenvalue weighted by molar-refractivity contribution is 0.569. The second kappa shape index (κ2) is 5.64. The van der Waals surface area contributed by atoms with E-state index >= 15 is 0 Å². The molecule has 0 fully saturated rings. The molecule has 5 nitrogen and oxygen atoms in total. The molecule has 3 N–H and O–H groups in total. The Morgan fingerprint density at radius 3 is 2.79 bits per heavy atom. The number of pyridine rings is 1. The minimum absolute atomic E-state index is 0.100. The largest absolute Gasteiger partial charge is 0.329 e. The summed E-state index contributed by atoms with van der Waals surface area (Å²) in [6.45, 7) is 1.91. The minimum Gasteiger partial charge on any atom is -0.329 e. The standard InChI is InChI=1S/C13H17N3O2S/c1-10(8-14)19(17,18)16-9-12-5-2-4-11-6-3-7-15-13(11)12/h2-7,10,16H,8-9,14H2,1H3. The maximum absolute atomic E-state index is 11.9. The molecule has 1 heterocycles. The van der Waals surface area contributed by atoms with Crippen molar-refractivity contribution >= 4 is 20.9 Å². The molecule has 1 atom stereocenters. The first-order chi connectivity index (χ1) is 9.04. The van der Waals surface area contributed by atoms with Gasteiger partial charge in [-0.25, -0.2) is 13.1 Å². The number of nitrogens with one attached hydrogen (secondary N) is 1. The van der Waals surface area contributed by atoms with Gasteiger partial charge in [-0.2, -0.15) is 0 Å². The lowest BCUT2D eigenvalue weighted by Gasteiger charge is -2.12. The van der Waals surface area contributed by atoms with Crippen molar-refractivity contribution in [2.75, 3.05) is 6.54 Å². The first-order valence-corrected chi connectivity index (χ1v) is 7.60. The number of rotatable bonds is 5. The zero-order valence-electron chi connectivity index (χ0n) is 10.7. The highest BCUT2D eigenvalue weighted by Crippen LogP contribution is 2.16. The quantitative estimate of drug-likeness (QED) is 0.855. The Morgan fingerprint density at radius 1 is 1.32 bits per heavy atom. The molecule has 0 aliphatic heterocycles. The lowest BCUT2D eigenvalue weighted by Crippen LogP contribution is -2.36. The van der Waals surface area contributed by atoms with Gasteiger partial charge >= 0.3 is 0 Å². The number of fused-ring (bicyclic) bond motifs is 1. The van der Waals surface area contributed by atoms with E-state index in [1.165, 1.54) is 0 Å². The van der Waals surface area contributed by atoms with Crippen LogP contribution in [0.25, 0.3) is 10.9 Å². The molecule has 0 saturated carbocycles. The van der Waals surface area contributed by atoms with Gasteiger partial charge in [0.2, 0.25) is 10.0 Å². The molecule has 19 heavy (non-hydrogen) atoms. The monoisotopic (exact) mass is 279 g/mol. The van der Waals surface area contributed by atoms with Crippen molar-refractivity contribution in [1.82, 2.24) is 9.71 Å². The molecule has 1 aromatic carbocycles. The van der Waals surface area contributed by atoms with Crippen molar-refractivity contribution in [3.63, 3.8) is 0 Å². The third kappa shape index (κ3) is 3.09. The van der Waals surface area contributed by atoms with Crippen molar-refractivity contribution in [1.29, 1.82) is 0 Å². The van der Waals surface area contributed by atoms with Crippen LogP contribution in [0.1, 0.15) is 12.5 Å². The number of benzene rings is 1. The molecule has 0 spiro atoms. The molecule has 0 saturated heterocycles. The average Bonchev–Trinajstić information content (AvgIpc) is 2.44. The normalized spacial score (nSPS) is 13.6. The lowest BCUT2D eigenvalue weighted by atomic mass is 10.1. The zero-order valence-corrected chi connectivity index (χ0v) is 11.5. The Labute approximate surface area is 112 Å². The predicted molar refractivity (Wildman–Crippen MR) is 76.0 cm³/mol. The fraction of sp³-hybridized carbons (Fsp3) is 0.308. The van der Waals surface area contributed by atoms with Crippen LogP contribution in [0.3, 0.4) is 0 Å². The van der Waals surface area contributed by atoms with E-state index in [0.29, 0.717) is 0 Å². The van der Waals surface area contributed by atoms with Crippen LogP contribution in [0, 0.1) is 0 Å². The molecule has 0 aliphatic carbocycles. The molecule has 1 unspecified atom stereocenters. The summed E-state index contributed by atoms with van der Waals surface area (Å²) in [4.78, 5) is 4.29. The molecule has 102 valence electrons. The Kier molecular flexibility index (Phi) is 4.14. The topological polar surface area (TPSA) is 85.1 Å². The summed E-state index contributed by atoms with van der Waals surface area (Å²) in [5.41, 5.74) is 7.05. The zero-order chi connectivity index (χ0) is 13.9. The van der Waals surface area contributed by atoms with E-state index in [-0.39, 0.29) is 13.1 Å². The highest BCUT2D eigenvalue weighted by molar-refractivity contribution is 7.90. The van der Waals surface area contributed by atoms with Crippen LogP contribution < -0.4 is 10.5 Å². The third-order valence-corrected chi connectivity index (χ3v) is 4.84. The van der Waals surface area contributed by atoms with Crippen molar-refractivity contribution in [2.24, 2.45) is 5.73 Å². The van der Waals surface area contributed by atoms with Gasteiger partial charge < -0.3 is 5.73 Å². The number of sulfonamides is 1. The van der Waals surface area contributed by atoms with Crippen molar-refractivity contribution in [3.05, 3.63) is 42.1 Å². The molecule has 6 heteroatoms. The summed E-state index contributed by atoms with van der Waals surface area (Å²) >= 11 is 0. The van der Waals surface area contributed by atoms with Gasteiger partial charge in [0, 0.05) is 24.7 Å². The van der Waals surface area contributed by atoms with Gasteiger partial charge in [0.05, 0.1) is 10.8 Å². The summed E-state index contributed by atoms with van der Waals surface area (Å²) < 4.78 is 26.3. The predicted octanol–water partition coefficient (Wildman–Crippen LogP) is 1.00. The number of aromatic nitrogens is 1. The van der Waals surface area contributed by atoms with Crippen LogP contribution >= 0.6 is 0 Å². The minimum atomic E-state index is -3.38. The van der Waals surface area contributed by atoms with Crippen molar-refractivity contribution in [3.8, 4) is 0 Å². The summed E-state index contributed by atoms with van der Waals surface area (Å²) in [5, 5.41) is 0.390. The Balaban J connectivity index is 2.23. The highest BCUT2D eigenvalue weighted by atomic mass is 32.2. The second-order valence-corrected chi connectivity index (χ2v) is 6.59. The molecule has 2 rings (SSSR count). The average molecular weight is 279 g/mol. The Hall–Kier alpha value is -1.50. The van der Waals surface area contributed by atoms with Gasteiger partial charge in [0.25, 0.3) is 0 Å². The Bertz CT molecular complexity index is 665. The van der Waals surface area contributed by atoms with E-state index < -0.39 is 15.3 Å². The summed E-state index contributed by atoms with van der Waals surface area (Å²) in [6, 6.07) is 9.50. The van der Waals surface area contributed by atoms with Crippen LogP contribution in [0.15, 0.2) is 36.5 Å². The maximum Gasteiger partial charge on any atom is 0.215 e. The van der Waals surface area contributed by atoms with Crippen LogP contribution in [0.4, 0.5) is 0 Å². The fourth-order valence-corrected chi connectivity index (χ4v) is 2.65. The third-order valence-electron chi connectivity index (χ3n) is 3.04. The summed E-state index contributed by atoms with van der Waals surface area (Å²) in [6.07, 6.45) is 1.70. The van der Waals surface area contributed by atoms with Gasteiger partial charge in [-0.3, -0.25) is 4.98 Å². The van der Waals surface area contributed by atoms with Crippen LogP contribution in [-0.4, -0.2) is 25.2 Å². The van der Waals surface area contributed by atoms with E-state index in [2.05, 4.69) is 9.71 Å². The smallest absolute Gasteiger partial charge is 0.215 e. The first-order valence-electron chi connectivity index (χ1n) is 6.06. The van der Waals surface area contributed by atoms with Gasteiger partial charge in [-0.15, -0.1) is 0 Å². The number of hydrogen-bond donors (Lipinski definition) is 2. The maximum atomic E-state index is 11.9. The molecule has 1 aromatic heterocycles. The van der Waals surface area contributed by atoms with Crippen LogP contribution in [-0.2, 0) is 16.6 Å². The van der Waals surface area contributed by atoms with Crippen LogP contribution in [0.2, 0.25) is 0 Å². The molecule has 0 aliphatic rings. The van der Waals surface area contributed by atoms with Gasteiger partial charge in [-0.1, -0.05) is 24.3 Å². The highest BCUT2D eigenvalue weighted by Gasteiger charge is 2.18. The number of hydrogen-bond acceptors (Lipinski definition) is 4. The van der Waals surface area contributed by atoms with Crippen molar-refractivity contribution < 1.29 is 8.42 Å². The number of para-hydroxylation sites is 1. The molecule has 0 amide bonds. The van der Waals surface area contributed by atoms with E-state index in [0.717, 1.165) is 16.5 Å². The second-order valence-electron chi connectivity index (χ2n) is 4.40.